The molecule has 0 amide bonds. The molecule has 0 aromatic heterocycles. The molecular formula is C18H21ClN2O4S. The van der Waals surface area contributed by atoms with Crippen molar-refractivity contribution >= 4 is 21.6 Å². The van der Waals surface area contributed by atoms with Crippen molar-refractivity contribution in [2.75, 3.05) is 33.9 Å². The zero-order valence-electron chi connectivity index (χ0n) is 14.6. The molecule has 0 saturated carbocycles. The molecular weight excluding hydrogens is 376 g/mol. The van der Waals surface area contributed by atoms with Crippen LogP contribution in [0.3, 0.4) is 0 Å². The van der Waals surface area contributed by atoms with Gasteiger partial charge in [0.2, 0.25) is 10.0 Å². The number of benzene rings is 2. The van der Waals surface area contributed by atoms with E-state index in [1.807, 2.05) is 18.2 Å². The second kappa shape index (κ2) is 7.84. The fourth-order valence-electron chi connectivity index (χ4n) is 3.10. The molecule has 6 nitrogen and oxygen atoms in total. The molecule has 0 spiro atoms. The highest BCUT2D eigenvalue weighted by molar-refractivity contribution is 7.89. The number of sulfonamides is 1. The monoisotopic (exact) mass is 396 g/mol. The van der Waals surface area contributed by atoms with Gasteiger partial charge in [-0.2, -0.15) is 4.31 Å². The largest absolute Gasteiger partial charge is 0.493 e. The molecule has 1 heterocycles. The van der Waals surface area contributed by atoms with Gasteiger partial charge in [0, 0.05) is 30.7 Å². The Morgan fingerprint density at radius 2 is 1.85 bits per heavy atom. The number of halogens is 1. The number of rotatable bonds is 5. The Bertz CT molecular complexity index is 889. The Hall–Kier alpha value is -1.80. The Morgan fingerprint density at radius 1 is 1.12 bits per heavy atom. The third-order valence-electron chi connectivity index (χ3n) is 4.42. The van der Waals surface area contributed by atoms with Crippen LogP contribution in [0.15, 0.2) is 47.4 Å². The molecule has 3 rings (SSSR count). The molecule has 1 N–H and O–H groups in total. The van der Waals surface area contributed by atoms with Gasteiger partial charge in [0.15, 0.2) is 11.5 Å². The number of hydrogen-bond acceptors (Lipinski definition) is 5. The molecule has 0 aliphatic carbocycles. The summed E-state index contributed by atoms with van der Waals surface area (Å²) in [6.45, 7) is 1.43. The van der Waals surface area contributed by atoms with Crippen molar-refractivity contribution < 1.29 is 17.9 Å². The number of hydrogen-bond donors (Lipinski definition) is 1. The molecule has 0 radical (unpaired) electrons. The van der Waals surface area contributed by atoms with E-state index in [2.05, 4.69) is 5.32 Å². The van der Waals surface area contributed by atoms with Crippen LogP contribution in [0.2, 0.25) is 5.02 Å². The van der Waals surface area contributed by atoms with Crippen LogP contribution in [-0.2, 0) is 10.0 Å². The van der Waals surface area contributed by atoms with E-state index in [-0.39, 0.29) is 10.9 Å². The summed E-state index contributed by atoms with van der Waals surface area (Å²) in [5.74, 6) is 0.854. The first kappa shape index (κ1) is 19.0. The molecule has 140 valence electrons. The van der Waals surface area contributed by atoms with Gasteiger partial charge in [-0.05, 0) is 23.8 Å². The molecule has 1 unspecified atom stereocenters. The number of methoxy groups -OCH3 is 2. The molecule has 1 fully saturated rings. The SMILES string of the molecule is COc1ccc(S(=O)(=O)N2CCNCC2c2ccccc2Cl)cc1OC. The average Bonchev–Trinajstić information content (AvgIpc) is 2.67. The first-order chi connectivity index (χ1) is 12.5. The number of nitrogens with zero attached hydrogens (tertiary/aromatic N) is 1. The van der Waals surface area contributed by atoms with Crippen molar-refractivity contribution in [1.29, 1.82) is 0 Å². The van der Waals surface area contributed by atoms with Gasteiger partial charge in [-0.25, -0.2) is 8.42 Å². The lowest BCUT2D eigenvalue weighted by Gasteiger charge is -2.36. The minimum atomic E-state index is -3.73. The van der Waals surface area contributed by atoms with E-state index in [0.717, 1.165) is 5.56 Å². The van der Waals surface area contributed by atoms with E-state index in [4.69, 9.17) is 21.1 Å². The highest BCUT2D eigenvalue weighted by Crippen LogP contribution is 2.35. The van der Waals surface area contributed by atoms with Gasteiger partial charge in [-0.15, -0.1) is 0 Å². The molecule has 26 heavy (non-hydrogen) atoms. The minimum absolute atomic E-state index is 0.161. The van der Waals surface area contributed by atoms with Gasteiger partial charge >= 0.3 is 0 Å². The van der Waals surface area contributed by atoms with Crippen molar-refractivity contribution in [3.05, 3.63) is 53.1 Å². The lowest BCUT2D eigenvalue weighted by molar-refractivity contribution is 0.271. The summed E-state index contributed by atoms with van der Waals surface area (Å²) in [5, 5.41) is 3.80. The van der Waals surface area contributed by atoms with Crippen LogP contribution in [0.25, 0.3) is 0 Å². The fraction of sp³-hybridized carbons (Fsp3) is 0.333. The summed E-state index contributed by atoms with van der Waals surface area (Å²) in [6, 6.07) is 11.5. The summed E-state index contributed by atoms with van der Waals surface area (Å²) >= 11 is 6.32. The zero-order valence-corrected chi connectivity index (χ0v) is 16.2. The smallest absolute Gasteiger partial charge is 0.243 e. The predicted octanol–water partition coefficient (Wildman–Crippen LogP) is 2.69. The molecule has 1 aliphatic rings. The third-order valence-corrected chi connectivity index (χ3v) is 6.67. The average molecular weight is 397 g/mol. The lowest BCUT2D eigenvalue weighted by atomic mass is 10.1. The van der Waals surface area contributed by atoms with Crippen molar-refractivity contribution in [1.82, 2.24) is 9.62 Å². The van der Waals surface area contributed by atoms with Crippen LogP contribution in [0.1, 0.15) is 11.6 Å². The van der Waals surface area contributed by atoms with Crippen LogP contribution >= 0.6 is 11.6 Å². The Kier molecular flexibility index (Phi) is 5.72. The highest BCUT2D eigenvalue weighted by Gasteiger charge is 2.35. The van der Waals surface area contributed by atoms with E-state index < -0.39 is 10.0 Å². The Labute approximate surface area is 158 Å². The van der Waals surface area contributed by atoms with Crippen molar-refractivity contribution in [2.24, 2.45) is 0 Å². The first-order valence-corrected chi connectivity index (χ1v) is 10.00. The molecule has 1 saturated heterocycles. The number of ether oxygens (including phenoxy) is 2. The number of piperazine rings is 1. The van der Waals surface area contributed by atoms with Crippen molar-refractivity contribution in [3.8, 4) is 11.5 Å². The van der Waals surface area contributed by atoms with Crippen LogP contribution in [0.4, 0.5) is 0 Å². The molecule has 1 atom stereocenters. The van der Waals surface area contributed by atoms with Crippen LogP contribution in [0, 0.1) is 0 Å². The van der Waals surface area contributed by atoms with Crippen molar-refractivity contribution in [2.45, 2.75) is 10.9 Å². The molecule has 8 heteroatoms. The maximum atomic E-state index is 13.3. The van der Waals surface area contributed by atoms with Gasteiger partial charge in [0.25, 0.3) is 0 Å². The molecule has 2 aromatic rings. The van der Waals surface area contributed by atoms with Crippen LogP contribution < -0.4 is 14.8 Å². The summed E-state index contributed by atoms with van der Waals surface area (Å²) in [7, 11) is -0.747. The minimum Gasteiger partial charge on any atom is -0.493 e. The summed E-state index contributed by atoms with van der Waals surface area (Å²) < 4.78 is 38.6. The lowest BCUT2D eigenvalue weighted by Crippen LogP contribution is -2.48. The topological polar surface area (TPSA) is 67.9 Å². The zero-order chi connectivity index (χ0) is 18.7. The van der Waals surface area contributed by atoms with E-state index in [1.54, 1.807) is 12.1 Å². The Balaban J connectivity index is 2.03. The third kappa shape index (κ3) is 3.53. The second-order valence-electron chi connectivity index (χ2n) is 5.87. The van der Waals surface area contributed by atoms with Gasteiger partial charge in [0.1, 0.15) is 0 Å². The second-order valence-corrected chi connectivity index (χ2v) is 8.17. The molecule has 2 aromatic carbocycles. The van der Waals surface area contributed by atoms with Gasteiger partial charge in [0.05, 0.1) is 25.2 Å². The van der Waals surface area contributed by atoms with E-state index in [9.17, 15) is 8.42 Å². The Morgan fingerprint density at radius 3 is 2.54 bits per heavy atom. The standard InChI is InChI=1S/C18H21ClN2O4S/c1-24-17-8-7-13(11-18(17)25-2)26(22,23)21-10-9-20-12-16(21)14-5-3-4-6-15(14)19/h3-8,11,16,20H,9-10,12H2,1-2H3. The normalized spacial score (nSPS) is 18.5. The van der Waals surface area contributed by atoms with Gasteiger partial charge < -0.3 is 14.8 Å². The van der Waals surface area contributed by atoms with E-state index >= 15 is 0 Å². The van der Waals surface area contributed by atoms with E-state index in [1.165, 1.54) is 30.7 Å². The maximum Gasteiger partial charge on any atom is 0.243 e. The summed E-state index contributed by atoms with van der Waals surface area (Å²) in [6.07, 6.45) is 0. The highest BCUT2D eigenvalue weighted by atomic mass is 35.5. The predicted molar refractivity (Wildman–Crippen MR) is 101 cm³/mol. The van der Waals surface area contributed by atoms with Crippen LogP contribution in [-0.4, -0.2) is 46.6 Å². The maximum absolute atomic E-state index is 13.3. The van der Waals surface area contributed by atoms with Crippen molar-refractivity contribution in [3.63, 3.8) is 0 Å². The van der Waals surface area contributed by atoms with E-state index in [0.29, 0.717) is 36.2 Å². The fourth-order valence-corrected chi connectivity index (χ4v) is 4.98. The quantitative estimate of drug-likeness (QED) is 0.841. The summed E-state index contributed by atoms with van der Waals surface area (Å²) in [5.41, 5.74) is 0.783. The van der Waals surface area contributed by atoms with Gasteiger partial charge in [-0.1, -0.05) is 29.8 Å². The molecule has 0 bridgehead atoms. The molecule has 1 aliphatic heterocycles. The van der Waals surface area contributed by atoms with Gasteiger partial charge in [-0.3, -0.25) is 0 Å². The van der Waals surface area contributed by atoms with Crippen LogP contribution in [0.5, 0.6) is 11.5 Å². The summed E-state index contributed by atoms with van der Waals surface area (Å²) in [4.78, 5) is 0.161. The first-order valence-electron chi connectivity index (χ1n) is 8.18. The number of nitrogens with one attached hydrogen (secondary N) is 1.